The van der Waals surface area contributed by atoms with Crippen molar-refractivity contribution in [2.24, 2.45) is 0 Å². The summed E-state index contributed by atoms with van der Waals surface area (Å²) >= 11 is 5.20. The highest BCUT2D eigenvalue weighted by Crippen LogP contribution is 2.11. The van der Waals surface area contributed by atoms with Crippen molar-refractivity contribution in [2.75, 3.05) is 19.4 Å². The largest absolute Gasteiger partial charge is 0.376 e. The predicted octanol–water partition coefficient (Wildman–Crippen LogP) is 1.23. The predicted molar refractivity (Wildman–Crippen MR) is 86.0 cm³/mol. The van der Waals surface area contributed by atoms with Crippen molar-refractivity contribution in [3.8, 4) is 0 Å². The summed E-state index contributed by atoms with van der Waals surface area (Å²) in [6.45, 7) is 2.11. The second-order valence-corrected chi connectivity index (χ2v) is 7.54. The van der Waals surface area contributed by atoms with Gasteiger partial charge in [0.15, 0.2) is 14.9 Å². The van der Waals surface area contributed by atoms with E-state index in [4.69, 9.17) is 17.0 Å². The van der Waals surface area contributed by atoms with Crippen LogP contribution in [0.25, 0.3) is 0 Å². The summed E-state index contributed by atoms with van der Waals surface area (Å²) in [7, 11) is -3.14. The Kier molecular flexibility index (Phi) is 5.55. The molecule has 21 heavy (non-hydrogen) atoms. The molecule has 1 aliphatic heterocycles. The third-order valence-electron chi connectivity index (χ3n) is 3.32. The lowest BCUT2D eigenvalue weighted by Gasteiger charge is -2.14. The minimum atomic E-state index is -3.14. The molecule has 1 heterocycles. The first-order valence-corrected chi connectivity index (χ1v) is 9.17. The van der Waals surface area contributed by atoms with Crippen LogP contribution in [0.5, 0.6) is 0 Å². The van der Waals surface area contributed by atoms with Crippen molar-refractivity contribution in [1.29, 1.82) is 0 Å². The molecule has 0 radical (unpaired) electrons. The molecule has 116 valence electrons. The van der Waals surface area contributed by atoms with Crippen molar-refractivity contribution >= 4 is 27.2 Å². The number of hydrogen-bond acceptors (Lipinski definition) is 4. The lowest BCUT2D eigenvalue weighted by molar-refractivity contribution is 0.114. The van der Waals surface area contributed by atoms with Gasteiger partial charge in [-0.1, -0.05) is 12.1 Å². The Morgan fingerprint density at radius 1 is 1.33 bits per heavy atom. The average Bonchev–Trinajstić information content (AvgIpc) is 2.95. The summed E-state index contributed by atoms with van der Waals surface area (Å²) in [5.74, 6) is 0. The number of thiocarbonyl (C=S) groups is 1. The summed E-state index contributed by atoms with van der Waals surface area (Å²) in [4.78, 5) is 0.324. The SMILES string of the molecule is CS(=O)(=O)c1ccc(CNC(=S)NC[C@H]2CCCO2)cc1. The van der Waals surface area contributed by atoms with Gasteiger partial charge in [-0.3, -0.25) is 0 Å². The third-order valence-corrected chi connectivity index (χ3v) is 4.74. The van der Waals surface area contributed by atoms with Gasteiger partial charge in [0.1, 0.15) is 0 Å². The highest BCUT2D eigenvalue weighted by atomic mass is 32.2. The fraction of sp³-hybridized carbons (Fsp3) is 0.500. The maximum absolute atomic E-state index is 11.4. The van der Waals surface area contributed by atoms with Crippen LogP contribution in [0.2, 0.25) is 0 Å². The number of ether oxygens (including phenoxy) is 1. The van der Waals surface area contributed by atoms with Crippen LogP contribution in [0, 0.1) is 0 Å². The van der Waals surface area contributed by atoms with E-state index in [2.05, 4.69) is 10.6 Å². The quantitative estimate of drug-likeness (QED) is 0.793. The molecule has 2 N–H and O–H groups in total. The van der Waals surface area contributed by atoms with Crippen LogP contribution in [0.15, 0.2) is 29.2 Å². The monoisotopic (exact) mass is 328 g/mol. The van der Waals surface area contributed by atoms with Gasteiger partial charge in [-0.15, -0.1) is 0 Å². The average molecular weight is 328 g/mol. The number of nitrogens with one attached hydrogen (secondary N) is 2. The van der Waals surface area contributed by atoms with Gasteiger partial charge in [0.2, 0.25) is 0 Å². The van der Waals surface area contributed by atoms with Crippen molar-refractivity contribution in [2.45, 2.75) is 30.4 Å². The summed E-state index contributed by atoms with van der Waals surface area (Å²) in [6, 6.07) is 6.78. The maximum atomic E-state index is 11.4. The van der Waals surface area contributed by atoms with Crippen LogP contribution >= 0.6 is 12.2 Å². The van der Waals surface area contributed by atoms with Crippen molar-refractivity contribution < 1.29 is 13.2 Å². The summed E-state index contributed by atoms with van der Waals surface area (Å²) in [5, 5.41) is 6.81. The van der Waals surface area contributed by atoms with E-state index in [1.54, 1.807) is 24.3 Å². The van der Waals surface area contributed by atoms with Gasteiger partial charge in [-0.25, -0.2) is 8.42 Å². The molecule has 0 unspecified atom stereocenters. The summed E-state index contributed by atoms with van der Waals surface area (Å²) in [5.41, 5.74) is 0.976. The van der Waals surface area contributed by atoms with Crippen LogP contribution < -0.4 is 10.6 Å². The Labute approximate surface area is 131 Å². The standard InChI is InChI=1S/C14H20N2O3S2/c1-21(17,18)13-6-4-11(5-7-13)9-15-14(20)16-10-12-3-2-8-19-12/h4-7,12H,2-3,8-10H2,1H3,(H2,15,16,20)/t12-/m1/s1. The van der Waals surface area contributed by atoms with E-state index in [0.717, 1.165) is 31.6 Å². The van der Waals surface area contributed by atoms with Crippen LogP contribution in [0.4, 0.5) is 0 Å². The van der Waals surface area contributed by atoms with Crippen LogP contribution in [0.1, 0.15) is 18.4 Å². The van der Waals surface area contributed by atoms with Crippen molar-refractivity contribution in [3.63, 3.8) is 0 Å². The molecule has 1 aromatic carbocycles. The zero-order valence-corrected chi connectivity index (χ0v) is 13.6. The Morgan fingerprint density at radius 3 is 2.62 bits per heavy atom. The number of benzene rings is 1. The fourth-order valence-electron chi connectivity index (χ4n) is 2.11. The minimum Gasteiger partial charge on any atom is -0.376 e. The van der Waals surface area contributed by atoms with Crippen LogP contribution in [-0.4, -0.2) is 39.0 Å². The molecule has 2 rings (SSSR count). The molecular weight excluding hydrogens is 308 g/mol. The molecule has 1 fully saturated rings. The molecule has 0 aliphatic carbocycles. The molecule has 7 heteroatoms. The Bertz CT molecular complexity index is 579. The van der Waals surface area contributed by atoms with E-state index in [0.29, 0.717) is 16.6 Å². The van der Waals surface area contributed by atoms with Gasteiger partial charge in [-0.2, -0.15) is 0 Å². The third kappa shape index (κ3) is 5.26. The molecule has 1 saturated heterocycles. The fourth-order valence-corrected chi connectivity index (χ4v) is 2.90. The first-order chi connectivity index (χ1) is 9.95. The highest BCUT2D eigenvalue weighted by Gasteiger charge is 2.15. The zero-order chi connectivity index (χ0) is 15.3. The first kappa shape index (κ1) is 16.2. The van der Waals surface area contributed by atoms with Gasteiger partial charge < -0.3 is 15.4 Å². The van der Waals surface area contributed by atoms with Gasteiger partial charge in [0, 0.05) is 26.0 Å². The molecule has 0 bridgehead atoms. The topological polar surface area (TPSA) is 67.4 Å². The van der Waals surface area contributed by atoms with E-state index in [1.165, 1.54) is 6.26 Å². The highest BCUT2D eigenvalue weighted by molar-refractivity contribution is 7.90. The molecule has 0 spiro atoms. The van der Waals surface area contributed by atoms with Crippen molar-refractivity contribution in [1.82, 2.24) is 10.6 Å². The Hall–Kier alpha value is -1.18. The Balaban J connectivity index is 1.75. The first-order valence-electron chi connectivity index (χ1n) is 6.87. The van der Waals surface area contributed by atoms with E-state index in [1.807, 2.05) is 0 Å². The van der Waals surface area contributed by atoms with Gasteiger partial charge in [-0.05, 0) is 42.8 Å². The molecule has 5 nitrogen and oxygen atoms in total. The molecule has 1 atom stereocenters. The normalized spacial score (nSPS) is 18.4. The number of sulfone groups is 1. The van der Waals surface area contributed by atoms with Gasteiger partial charge in [0.05, 0.1) is 11.0 Å². The Morgan fingerprint density at radius 2 is 2.05 bits per heavy atom. The molecule has 0 saturated carbocycles. The lowest BCUT2D eigenvalue weighted by atomic mass is 10.2. The smallest absolute Gasteiger partial charge is 0.175 e. The zero-order valence-electron chi connectivity index (χ0n) is 12.0. The second-order valence-electron chi connectivity index (χ2n) is 5.11. The van der Waals surface area contributed by atoms with Crippen LogP contribution in [-0.2, 0) is 21.1 Å². The molecular formula is C14H20N2O3S2. The van der Waals surface area contributed by atoms with Crippen molar-refractivity contribution in [3.05, 3.63) is 29.8 Å². The van der Waals surface area contributed by atoms with Crippen LogP contribution in [0.3, 0.4) is 0 Å². The number of hydrogen-bond donors (Lipinski definition) is 2. The second kappa shape index (κ2) is 7.20. The molecule has 1 aliphatic rings. The van der Waals surface area contributed by atoms with E-state index >= 15 is 0 Å². The minimum absolute atomic E-state index is 0.249. The maximum Gasteiger partial charge on any atom is 0.175 e. The lowest BCUT2D eigenvalue weighted by Crippen LogP contribution is -2.39. The molecule has 0 amide bonds. The summed E-state index contributed by atoms with van der Waals surface area (Å²) < 4.78 is 28.2. The van der Waals surface area contributed by atoms with E-state index in [9.17, 15) is 8.42 Å². The van der Waals surface area contributed by atoms with Gasteiger partial charge in [0.25, 0.3) is 0 Å². The molecule has 1 aromatic rings. The van der Waals surface area contributed by atoms with E-state index in [-0.39, 0.29) is 6.10 Å². The summed E-state index contributed by atoms with van der Waals surface area (Å²) in [6.07, 6.45) is 3.63. The van der Waals surface area contributed by atoms with E-state index < -0.39 is 9.84 Å². The van der Waals surface area contributed by atoms with Gasteiger partial charge >= 0.3 is 0 Å². The molecule has 0 aromatic heterocycles. The number of rotatable bonds is 5.